The normalized spacial score (nSPS) is 12.7. The third kappa shape index (κ3) is 3.67. The van der Waals surface area contributed by atoms with Crippen LogP contribution < -0.4 is 0 Å². The van der Waals surface area contributed by atoms with Crippen molar-refractivity contribution in [2.45, 2.75) is 13.8 Å². The molecule has 84 valence electrons. The number of aryl methyl sites for hydroxylation is 1. The smallest absolute Gasteiger partial charge is 0.122 e. The van der Waals surface area contributed by atoms with Gasteiger partial charge in [0.15, 0.2) is 0 Å². The Hall–Kier alpha value is -1.33. The van der Waals surface area contributed by atoms with Gasteiger partial charge in [0.25, 0.3) is 0 Å². The Balaban J connectivity index is 2.90. The fourth-order valence-electron chi connectivity index (χ4n) is 1.22. The molecule has 2 heteroatoms. The predicted octanol–water partition coefficient (Wildman–Crippen LogP) is 4.23. The molecule has 1 nitrogen and oxygen atoms in total. The highest BCUT2D eigenvalue weighted by Crippen LogP contribution is 2.16. The monoisotopic (exact) mass is 232 g/mol. The van der Waals surface area contributed by atoms with Crippen LogP contribution in [0.15, 0.2) is 54.1 Å². The molecule has 1 atom stereocenters. The van der Waals surface area contributed by atoms with Crippen LogP contribution in [-0.4, -0.2) is 5.11 Å². The van der Waals surface area contributed by atoms with Crippen molar-refractivity contribution >= 4 is 14.8 Å². The predicted molar refractivity (Wildman–Crippen MR) is 74.4 cm³/mol. The molecule has 0 aromatic heterocycles. The summed E-state index contributed by atoms with van der Waals surface area (Å²) in [7, 11) is 2.37. The van der Waals surface area contributed by atoms with E-state index in [4.69, 9.17) is 0 Å². The summed E-state index contributed by atoms with van der Waals surface area (Å²) in [5.41, 5.74) is 3.51. The summed E-state index contributed by atoms with van der Waals surface area (Å²) in [4.78, 5) is 0. The Morgan fingerprint density at radius 1 is 1.25 bits per heavy atom. The molecule has 0 bridgehead atoms. The largest absolute Gasteiger partial charge is 0.507 e. The van der Waals surface area contributed by atoms with Crippen molar-refractivity contribution in [3.63, 3.8) is 0 Å². The van der Waals surface area contributed by atoms with E-state index in [-0.39, 0.29) is 5.76 Å². The van der Waals surface area contributed by atoms with Crippen molar-refractivity contribution in [1.29, 1.82) is 0 Å². The summed E-state index contributed by atoms with van der Waals surface area (Å²) in [5, 5.41) is 10.1. The SMILES string of the molecule is C=C(P)/C(O)=C\C=C(/C)c1ccc(C)cc1. The van der Waals surface area contributed by atoms with E-state index >= 15 is 0 Å². The van der Waals surface area contributed by atoms with E-state index in [1.807, 2.05) is 13.0 Å². The number of hydrogen-bond donors (Lipinski definition) is 1. The Morgan fingerprint density at radius 3 is 2.31 bits per heavy atom. The third-order valence-corrected chi connectivity index (χ3v) is 2.62. The van der Waals surface area contributed by atoms with Crippen LogP contribution in [0.3, 0.4) is 0 Å². The molecular formula is C14H17OP. The molecule has 0 aliphatic carbocycles. The molecule has 0 radical (unpaired) electrons. The Morgan fingerprint density at radius 2 is 1.81 bits per heavy atom. The summed E-state index contributed by atoms with van der Waals surface area (Å²) < 4.78 is 0. The zero-order valence-corrected chi connectivity index (χ0v) is 10.9. The first-order chi connectivity index (χ1) is 7.50. The highest BCUT2D eigenvalue weighted by atomic mass is 31.0. The van der Waals surface area contributed by atoms with Gasteiger partial charge in [-0.3, -0.25) is 0 Å². The average molecular weight is 232 g/mol. The van der Waals surface area contributed by atoms with Crippen molar-refractivity contribution < 1.29 is 5.11 Å². The zero-order chi connectivity index (χ0) is 12.1. The topological polar surface area (TPSA) is 20.2 Å². The van der Waals surface area contributed by atoms with Gasteiger partial charge in [-0.15, -0.1) is 9.24 Å². The lowest BCUT2D eigenvalue weighted by atomic mass is 10.1. The van der Waals surface area contributed by atoms with Crippen LogP contribution in [-0.2, 0) is 0 Å². The van der Waals surface area contributed by atoms with Gasteiger partial charge < -0.3 is 5.11 Å². The van der Waals surface area contributed by atoms with Crippen LogP contribution >= 0.6 is 9.24 Å². The number of rotatable bonds is 3. The van der Waals surface area contributed by atoms with Gasteiger partial charge in [0.1, 0.15) is 5.76 Å². The molecule has 16 heavy (non-hydrogen) atoms. The van der Waals surface area contributed by atoms with Gasteiger partial charge in [-0.1, -0.05) is 42.5 Å². The average Bonchev–Trinajstić information content (AvgIpc) is 2.26. The molecular weight excluding hydrogens is 215 g/mol. The van der Waals surface area contributed by atoms with Gasteiger partial charge in [-0.2, -0.15) is 0 Å². The van der Waals surface area contributed by atoms with E-state index in [0.717, 1.165) is 11.1 Å². The molecule has 1 aromatic rings. The first-order valence-corrected chi connectivity index (χ1v) is 5.68. The Bertz CT molecular complexity index is 438. The molecule has 1 unspecified atom stereocenters. The van der Waals surface area contributed by atoms with Crippen LogP contribution in [0.25, 0.3) is 5.57 Å². The first kappa shape index (κ1) is 12.7. The number of aliphatic hydroxyl groups is 1. The van der Waals surface area contributed by atoms with Crippen molar-refractivity contribution in [3.05, 3.63) is 65.2 Å². The number of aliphatic hydroxyl groups excluding tert-OH is 1. The zero-order valence-electron chi connectivity index (χ0n) is 9.70. The lowest BCUT2D eigenvalue weighted by molar-refractivity contribution is 0.430. The second-order valence-electron chi connectivity index (χ2n) is 3.79. The van der Waals surface area contributed by atoms with E-state index in [2.05, 4.69) is 47.0 Å². The molecule has 0 saturated heterocycles. The maximum Gasteiger partial charge on any atom is 0.122 e. The quantitative estimate of drug-likeness (QED) is 0.469. The van der Waals surface area contributed by atoms with E-state index in [1.54, 1.807) is 6.08 Å². The van der Waals surface area contributed by atoms with Gasteiger partial charge in [-0.05, 0) is 31.1 Å². The van der Waals surface area contributed by atoms with Crippen LogP contribution in [0, 0.1) is 6.92 Å². The minimum Gasteiger partial charge on any atom is -0.507 e. The molecule has 0 saturated carbocycles. The minimum absolute atomic E-state index is 0.191. The van der Waals surface area contributed by atoms with Gasteiger partial charge >= 0.3 is 0 Å². The van der Waals surface area contributed by atoms with Crippen LogP contribution in [0.5, 0.6) is 0 Å². The van der Waals surface area contributed by atoms with Gasteiger partial charge in [0.05, 0.1) is 0 Å². The molecule has 0 heterocycles. The second-order valence-corrected chi connectivity index (χ2v) is 4.49. The Kier molecular flexibility index (Phi) is 4.52. The van der Waals surface area contributed by atoms with E-state index in [9.17, 15) is 5.11 Å². The van der Waals surface area contributed by atoms with Gasteiger partial charge in [-0.25, -0.2) is 0 Å². The number of hydrogen-bond acceptors (Lipinski definition) is 1. The number of allylic oxidation sites excluding steroid dienone is 4. The highest BCUT2D eigenvalue weighted by molar-refractivity contribution is 7.22. The standard InChI is InChI=1S/C14H17OP/c1-10-4-7-13(8-5-10)11(2)6-9-14(15)12(3)16/h4-9,15H,3,16H2,1-2H3/b11-6+,14-9+. The second kappa shape index (κ2) is 5.67. The van der Waals surface area contributed by atoms with Crippen molar-refractivity contribution in [2.24, 2.45) is 0 Å². The van der Waals surface area contributed by atoms with Crippen molar-refractivity contribution in [3.8, 4) is 0 Å². The van der Waals surface area contributed by atoms with Crippen molar-refractivity contribution in [2.75, 3.05) is 0 Å². The lowest BCUT2D eigenvalue weighted by Crippen LogP contribution is -1.81. The van der Waals surface area contributed by atoms with Crippen LogP contribution in [0.1, 0.15) is 18.1 Å². The van der Waals surface area contributed by atoms with Gasteiger partial charge in [0, 0.05) is 5.31 Å². The summed E-state index contributed by atoms with van der Waals surface area (Å²) in [6.45, 7) is 7.71. The van der Waals surface area contributed by atoms with Gasteiger partial charge in [0.2, 0.25) is 0 Å². The van der Waals surface area contributed by atoms with Crippen LogP contribution in [0.2, 0.25) is 0 Å². The maximum atomic E-state index is 9.46. The van der Waals surface area contributed by atoms with E-state index < -0.39 is 0 Å². The van der Waals surface area contributed by atoms with E-state index in [0.29, 0.717) is 5.31 Å². The lowest BCUT2D eigenvalue weighted by Gasteiger charge is -2.01. The highest BCUT2D eigenvalue weighted by Gasteiger charge is 1.95. The maximum absolute atomic E-state index is 9.46. The summed E-state index contributed by atoms with van der Waals surface area (Å²) in [6, 6.07) is 8.29. The molecule has 0 aliphatic heterocycles. The Labute approximate surface area is 99.4 Å². The fourth-order valence-corrected chi connectivity index (χ4v) is 1.32. The molecule has 0 amide bonds. The summed E-state index contributed by atoms with van der Waals surface area (Å²) >= 11 is 0. The summed E-state index contributed by atoms with van der Waals surface area (Å²) in [6.07, 6.45) is 3.54. The summed E-state index contributed by atoms with van der Waals surface area (Å²) in [5.74, 6) is 0.191. The molecule has 0 fully saturated rings. The molecule has 1 N–H and O–H groups in total. The minimum atomic E-state index is 0.191. The first-order valence-electron chi connectivity index (χ1n) is 5.10. The van der Waals surface area contributed by atoms with Crippen molar-refractivity contribution in [1.82, 2.24) is 0 Å². The molecule has 1 aromatic carbocycles. The number of benzene rings is 1. The van der Waals surface area contributed by atoms with E-state index in [1.165, 1.54) is 5.56 Å². The molecule has 0 spiro atoms. The van der Waals surface area contributed by atoms with Crippen LogP contribution in [0.4, 0.5) is 0 Å². The molecule has 1 rings (SSSR count). The molecule has 0 aliphatic rings. The fraction of sp³-hybridized carbons (Fsp3) is 0.143. The third-order valence-electron chi connectivity index (χ3n) is 2.33.